The van der Waals surface area contributed by atoms with E-state index in [2.05, 4.69) is 5.10 Å². The first-order chi connectivity index (χ1) is 8.58. The number of rotatable bonds is 3. The molecule has 0 bridgehead atoms. The number of nitrogens with zero attached hydrogens (tertiary/aromatic N) is 3. The van der Waals surface area contributed by atoms with E-state index in [1.54, 1.807) is 4.90 Å². The highest BCUT2D eigenvalue weighted by atomic mass is 16.4. The number of hydrogen-bond donors (Lipinski definition) is 1. The standard InChI is InChI=1S/C11H13N3O4/c15-9-4-3-8(11(17)18)12-14(9)7-10(16)13-5-1-2-6-13/h3-4H,1-2,5-7H2,(H,17,18). The molecule has 0 aliphatic carbocycles. The minimum atomic E-state index is -1.22. The lowest BCUT2D eigenvalue weighted by Crippen LogP contribution is -2.36. The van der Waals surface area contributed by atoms with Crippen LogP contribution in [-0.4, -0.2) is 44.8 Å². The van der Waals surface area contributed by atoms with Gasteiger partial charge in [-0.05, 0) is 18.9 Å². The summed E-state index contributed by atoms with van der Waals surface area (Å²) in [5.74, 6) is -1.43. The van der Waals surface area contributed by atoms with Gasteiger partial charge in [0.2, 0.25) is 5.91 Å². The number of carboxylic acids is 1. The smallest absolute Gasteiger partial charge is 0.356 e. The lowest BCUT2D eigenvalue weighted by atomic mass is 10.4. The quantitative estimate of drug-likeness (QED) is 0.786. The van der Waals surface area contributed by atoms with Crippen LogP contribution in [-0.2, 0) is 11.3 Å². The van der Waals surface area contributed by atoms with Crippen molar-refractivity contribution in [3.05, 3.63) is 28.2 Å². The van der Waals surface area contributed by atoms with Crippen molar-refractivity contribution in [2.75, 3.05) is 13.1 Å². The molecule has 0 spiro atoms. The van der Waals surface area contributed by atoms with Crippen LogP contribution in [0, 0.1) is 0 Å². The SMILES string of the molecule is O=C(O)c1ccc(=O)n(CC(=O)N2CCCC2)n1. The highest BCUT2D eigenvalue weighted by molar-refractivity contribution is 5.85. The van der Waals surface area contributed by atoms with E-state index in [1.165, 1.54) is 0 Å². The Kier molecular flexibility index (Phi) is 3.40. The van der Waals surface area contributed by atoms with Crippen molar-refractivity contribution in [3.8, 4) is 0 Å². The summed E-state index contributed by atoms with van der Waals surface area (Å²) < 4.78 is 0.893. The summed E-state index contributed by atoms with van der Waals surface area (Å²) in [6, 6.07) is 2.23. The second-order valence-electron chi connectivity index (χ2n) is 4.11. The fraction of sp³-hybridized carbons (Fsp3) is 0.455. The van der Waals surface area contributed by atoms with Crippen molar-refractivity contribution in [1.82, 2.24) is 14.7 Å². The Morgan fingerprint density at radius 1 is 1.28 bits per heavy atom. The molecule has 0 atom stereocenters. The Hall–Kier alpha value is -2.18. The Balaban J connectivity index is 2.17. The predicted octanol–water partition coefficient (Wildman–Crippen LogP) is -0.436. The van der Waals surface area contributed by atoms with Crippen molar-refractivity contribution in [2.45, 2.75) is 19.4 Å². The van der Waals surface area contributed by atoms with Gasteiger partial charge >= 0.3 is 5.97 Å². The maximum atomic E-state index is 11.8. The number of carbonyl (C=O) groups is 2. The monoisotopic (exact) mass is 251 g/mol. The fourth-order valence-electron chi connectivity index (χ4n) is 1.87. The zero-order valence-corrected chi connectivity index (χ0v) is 9.70. The molecule has 2 heterocycles. The fourth-order valence-corrected chi connectivity index (χ4v) is 1.87. The van der Waals surface area contributed by atoms with Gasteiger partial charge in [-0.1, -0.05) is 0 Å². The first kappa shape index (κ1) is 12.3. The van der Waals surface area contributed by atoms with Gasteiger partial charge in [-0.2, -0.15) is 5.10 Å². The zero-order valence-electron chi connectivity index (χ0n) is 9.70. The summed E-state index contributed by atoms with van der Waals surface area (Å²) in [6.45, 7) is 1.17. The molecule has 2 rings (SSSR count). The molecule has 1 N–H and O–H groups in total. The molecule has 1 amide bonds. The van der Waals surface area contributed by atoms with Crippen LogP contribution in [0.3, 0.4) is 0 Å². The highest BCUT2D eigenvalue weighted by Gasteiger charge is 2.19. The van der Waals surface area contributed by atoms with E-state index in [0.717, 1.165) is 29.7 Å². The van der Waals surface area contributed by atoms with Crippen LogP contribution in [0.15, 0.2) is 16.9 Å². The molecule has 0 aromatic carbocycles. The summed E-state index contributed by atoms with van der Waals surface area (Å²) in [5, 5.41) is 12.4. The molecule has 96 valence electrons. The van der Waals surface area contributed by atoms with Gasteiger partial charge in [0.05, 0.1) is 0 Å². The van der Waals surface area contributed by atoms with Crippen LogP contribution in [0.4, 0.5) is 0 Å². The highest BCUT2D eigenvalue weighted by Crippen LogP contribution is 2.07. The molecule has 1 aliphatic rings. The van der Waals surface area contributed by atoms with Gasteiger partial charge in [-0.3, -0.25) is 9.59 Å². The van der Waals surface area contributed by atoms with Gasteiger partial charge in [0, 0.05) is 19.2 Å². The molecule has 1 fully saturated rings. The Bertz CT molecular complexity index is 531. The first-order valence-electron chi connectivity index (χ1n) is 5.67. The Morgan fingerprint density at radius 3 is 2.56 bits per heavy atom. The number of carbonyl (C=O) groups excluding carboxylic acids is 1. The van der Waals surface area contributed by atoms with E-state index in [-0.39, 0.29) is 18.1 Å². The van der Waals surface area contributed by atoms with Crippen LogP contribution >= 0.6 is 0 Å². The van der Waals surface area contributed by atoms with E-state index in [4.69, 9.17) is 5.11 Å². The number of hydrogen-bond acceptors (Lipinski definition) is 4. The van der Waals surface area contributed by atoms with Crippen molar-refractivity contribution < 1.29 is 14.7 Å². The minimum Gasteiger partial charge on any atom is -0.476 e. The van der Waals surface area contributed by atoms with Gasteiger partial charge in [0.1, 0.15) is 6.54 Å². The van der Waals surface area contributed by atoms with Crippen LogP contribution in [0.25, 0.3) is 0 Å². The number of carboxylic acid groups (broad SMARTS) is 1. The van der Waals surface area contributed by atoms with Crippen LogP contribution in [0.1, 0.15) is 23.3 Å². The van der Waals surface area contributed by atoms with Gasteiger partial charge in [-0.15, -0.1) is 0 Å². The maximum Gasteiger partial charge on any atom is 0.356 e. The minimum absolute atomic E-state index is 0.204. The second-order valence-corrected chi connectivity index (χ2v) is 4.11. The summed E-state index contributed by atoms with van der Waals surface area (Å²) >= 11 is 0. The van der Waals surface area contributed by atoms with E-state index in [9.17, 15) is 14.4 Å². The number of aromatic nitrogens is 2. The summed E-state index contributed by atoms with van der Waals surface area (Å²) in [4.78, 5) is 35.7. The Labute approximate surface area is 103 Å². The van der Waals surface area contributed by atoms with Gasteiger partial charge < -0.3 is 10.0 Å². The molecule has 1 aromatic heterocycles. The Morgan fingerprint density at radius 2 is 1.94 bits per heavy atom. The summed E-state index contributed by atoms with van der Waals surface area (Å²) in [6.07, 6.45) is 1.92. The van der Waals surface area contributed by atoms with Crippen molar-refractivity contribution in [3.63, 3.8) is 0 Å². The first-order valence-corrected chi connectivity index (χ1v) is 5.67. The van der Waals surface area contributed by atoms with Crippen LogP contribution in [0.2, 0.25) is 0 Å². The van der Waals surface area contributed by atoms with Gasteiger partial charge in [-0.25, -0.2) is 9.48 Å². The predicted molar refractivity (Wildman–Crippen MR) is 61.3 cm³/mol. The third kappa shape index (κ3) is 2.55. The molecule has 1 saturated heterocycles. The molecule has 0 radical (unpaired) electrons. The van der Waals surface area contributed by atoms with E-state index < -0.39 is 11.5 Å². The average Bonchev–Trinajstić information content (AvgIpc) is 2.85. The van der Waals surface area contributed by atoms with Crippen LogP contribution < -0.4 is 5.56 Å². The van der Waals surface area contributed by atoms with Gasteiger partial charge in [0.15, 0.2) is 5.69 Å². The molecule has 18 heavy (non-hydrogen) atoms. The molecule has 1 aliphatic heterocycles. The molecule has 1 aromatic rings. The molecule has 0 saturated carbocycles. The second kappa shape index (κ2) is 4.99. The summed E-state index contributed by atoms with van der Waals surface area (Å²) in [5.41, 5.74) is -0.726. The summed E-state index contributed by atoms with van der Waals surface area (Å²) in [7, 11) is 0. The third-order valence-electron chi connectivity index (χ3n) is 2.83. The average molecular weight is 251 g/mol. The molecular weight excluding hydrogens is 238 g/mol. The van der Waals surface area contributed by atoms with E-state index >= 15 is 0 Å². The lowest BCUT2D eigenvalue weighted by Gasteiger charge is -2.15. The normalized spacial score (nSPS) is 14.8. The maximum absolute atomic E-state index is 11.8. The largest absolute Gasteiger partial charge is 0.476 e. The lowest BCUT2D eigenvalue weighted by molar-refractivity contribution is -0.131. The third-order valence-corrected chi connectivity index (χ3v) is 2.83. The number of aromatic carboxylic acids is 1. The molecular formula is C11H13N3O4. The number of likely N-dealkylation sites (tertiary alicyclic amines) is 1. The molecule has 0 unspecified atom stereocenters. The van der Waals surface area contributed by atoms with Crippen LogP contribution in [0.5, 0.6) is 0 Å². The van der Waals surface area contributed by atoms with E-state index in [1.807, 2.05) is 0 Å². The zero-order chi connectivity index (χ0) is 13.1. The van der Waals surface area contributed by atoms with Crippen molar-refractivity contribution >= 4 is 11.9 Å². The van der Waals surface area contributed by atoms with Crippen molar-refractivity contribution in [2.24, 2.45) is 0 Å². The molecule has 7 heteroatoms. The topological polar surface area (TPSA) is 92.5 Å². The number of amides is 1. The van der Waals surface area contributed by atoms with E-state index in [0.29, 0.717) is 13.1 Å². The molecule has 7 nitrogen and oxygen atoms in total. The van der Waals surface area contributed by atoms with Crippen molar-refractivity contribution in [1.29, 1.82) is 0 Å². The van der Waals surface area contributed by atoms with Gasteiger partial charge in [0.25, 0.3) is 5.56 Å².